The number of hydrogen-bond donors (Lipinski definition) is 1. The smallest absolute Gasteiger partial charge is 0.297 e. The maximum absolute atomic E-state index is 12.4. The summed E-state index contributed by atoms with van der Waals surface area (Å²) in [6, 6.07) is 9.09. The molecule has 1 aromatic heterocycles. The standard InChI is InChI=1S/C14H15ClN2O2/c1-9(2)8-17-13(18)11(12(15)16-14(17)19)10-6-4-3-5-7-10/h3-7,9H,8H2,1-2H3,(H,16,19). The molecule has 0 amide bonds. The molecule has 0 bridgehead atoms. The summed E-state index contributed by atoms with van der Waals surface area (Å²) >= 11 is 6.01. The third kappa shape index (κ3) is 2.79. The fourth-order valence-corrected chi connectivity index (χ4v) is 2.20. The van der Waals surface area contributed by atoms with Crippen molar-refractivity contribution in [3.05, 3.63) is 56.3 Å². The Kier molecular flexibility index (Phi) is 3.90. The highest BCUT2D eigenvalue weighted by Gasteiger charge is 2.14. The first kappa shape index (κ1) is 13.6. The van der Waals surface area contributed by atoms with Crippen molar-refractivity contribution < 1.29 is 0 Å². The average molecular weight is 279 g/mol. The van der Waals surface area contributed by atoms with Gasteiger partial charge < -0.3 is 0 Å². The van der Waals surface area contributed by atoms with Gasteiger partial charge in [-0.3, -0.25) is 14.3 Å². The van der Waals surface area contributed by atoms with Crippen molar-refractivity contribution in [1.82, 2.24) is 9.55 Å². The molecule has 4 nitrogen and oxygen atoms in total. The van der Waals surface area contributed by atoms with E-state index >= 15 is 0 Å². The Bertz CT molecular complexity index is 687. The van der Waals surface area contributed by atoms with Crippen LogP contribution in [0.15, 0.2) is 39.9 Å². The van der Waals surface area contributed by atoms with Crippen LogP contribution in [0.2, 0.25) is 5.15 Å². The lowest BCUT2D eigenvalue weighted by Gasteiger charge is -2.10. The van der Waals surface area contributed by atoms with E-state index < -0.39 is 5.69 Å². The van der Waals surface area contributed by atoms with Crippen LogP contribution in [0.1, 0.15) is 13.8 Å². The van der Waals surface area contributed by atoms with Crippen molar-refractivity contribution in [2.75, 3.05) is 0 Å². The third-order valence-electron chi connectivity index (χ3n) is 2.75. The average Bonchev–Trinajstić information content (AvgIpc) is 2.35. The van der Waals surface area contributed by atoms with Crippen LogP contribution >= 0.6 is 11.6 Å². The highest BCUT2D eigenvalue weighted by molar-refractivity contribution is 6.32. The second kappa shape index (κ2) is 5.45. The number of halogens is 1. The van der Waals surface area contributed by atoms with E-state index in [9.17, 15) is 9.59 Å². The van der Waals surface area contributed by atoms with Crippen LogP contribution in [0.25, 0.3) is 11.1 Å². The molecule has 100 valence electrons. The summed E-state index contributed by atoms with van der Waals surface area (Å²) in [6.45, 7) is 4.26. The van der Waals surface area contributed by atoms with Crippen molar-refractivity contribution in [2.45, 2.75) is 20.4 Å². The highest BCUT2D eigenvalue weighted by atomic mass is 35.5. The minimum atomic E-state index is -0.469. The normalized spacial score (nSPS) is 10.9. The fraction of sp³-hybridized carbons (Fsp3) is 0.286. The molecule has 1 N–H and O–H groups in total. The predicted octanol–water partition coefficient (Wildman–Crippen LogP) is 2.51. The topological polar surface area (TPSA) is 54.9 Å². The van der Waals surface area contributed by atoms with E-state index in [1.54, 1.807) is 12.1 Å². The number of hydrogen-bond acceptors (Lipinski definition) is 2. The van der Waals surface area contributed by atoms with E-state index in [0.29, 0.717) is 17.7 Å². The molecule has 0 aliphatic heterocycles. The predicted molar refractivity (Wildman–Crippen MR) is 76.6 cm³/mol. The highest BCUT2D eigenvalue weighted by Crippen LogP contribution is 2.20. The van der Waals surface area contributed by atoms with Crippen LogP contribution in [0.3, 0.4) is 0 Å². The van der Waals surface area contributed by atoms with Crippen LogP contribution in [-0.4, -0.2) is 9.55 Å². The SMILES string of the molecule is CC(C)Cn1c(=O)[nH]c(Cl)c(-c2ccccc2)c1=O. The van der Waals surface area contributed by atoms with Crippen molar-refractivity contribution in [3.63, 3.8) is 0 Å². The maximum Gasteiger partial charge on any atom is 0.329 e. The Balaban J connectivity index is 2.69. The van der Waals surface area contributed by atoms with Gasteiger partial charge in [0.2, 0.25) is 0 Å². The van der Waals surface area contributed by atoms with Crippen molar-refractivity contribution in [3.8, 4) is 11.1 Å². The minimum absolute atomic E-state index is 0.0845. The van der Waals surface area contributed by atoms with Crippen LogP contribution in [0.4, 0.5) is 0 Å². The van der Waals surface area contributed by atoms with E-state index in [1.807, 2.05) is 32.0 Å². The summed E-state index contributed by atoms with van der Waals surface area (Å²) < 4.78 is 1.19. The summed E-state index contributed by atoms with van der Waals surface area (Å²) in [5.41, 5.74) is 0.214. The van der Waals surface area contributed by atoms with E-state index in [-0.39, 0.29) is 16.6 Å². The summed E-state index contributed by atoms with van der Waals surface area (Å²) in [7, 11) is 0. The van der Waals surface area contributed by atoms with Gasteiger partial charge in [-0.25, -0.2) is 4.79 Å². The van der Waals surface area contributed by atoms with Crippen molar-refractivity contribution in [2.24, 2.45) is 5.92 Å². The molecule has 19 heavy (non-hydrogen) atoms. The molecule has 5 heteroatoms. The number of H-pyrrole nitrogens is 1. The van der Waals surface area contributed by atoms with Gasteiger partial charge in [0, 0.05) is 6.54 Å². The van der Waals surface area contributed by atoms with Gasteiger partial charge in [0.25, 0.3) is 5.56 Å². The summed E-state index contributed by atoms with van der Waals surface area (Å²) in [4.78, 5) is 26.7. The van der Waals surface area contributed by atoms with Gasteiger partial charge in [-0.1, -0.05) is 55.8 Å². The zero-order valence-corrected chi connectivity index (χ0v) is 11.6. The van der Waals surface area contributed by atoms with Gasteiger partial charge in [0.05, 0.1) is 5.56 Å². The summed E-state index contributed by atoms with van der Waals surface area (Å²) in [6.07, 6.45) is 0. The second-order valence-electron chi connectivity index (χ2n) is 4.79. The molecule has 0 atom stereocenters. The number of aromatic amines is 1. The quantitative estimate of drug-likeness (QED) is 0.877. The van der Waals surface area contributed by atoms with Gasteiger partial charge in [0.15, 0.2) is 0 Å². The van der Waals surface area contributed by atoms with E-state index in [2.05, 4.69) is 4.98 Å². The molecule has 0 aliphatic rings. The molecule has 2 aromatic rings. The molecule has 0 saturated heterocycles. The zero-order chi connectivity index (χ0) is 14.0. The molecule has 2 rings (SSSR count). The molecule has 0 saturated carbocycles. The number of benzene rings is 1. The molecule has 0 aliphatic carbocycles. The number of nitrogens with one attached hydrogen (secondary N) is 1. The minimum Gasteiger partial charge on any atom is -0.297 e. The lowest BCUT2D eigenvalue weighted by molar-refractivity contribution is 0.493. The molecular formula is C14H15ClN2O2. The molecule has 0 unspecified atom stereocenters. The summed E-state index contributed by atoms with van der Waals surface area (Å²) in [5.74, 6) is 0.198. The van der Waals surface area contributed by atoms with Gasteiger partial charge in [0.1, 0.15) is 5.15 Å². The Morgan fingerprint density at radius 1 is 1.21 bits per heavy atom. The zero-order valence-electron chi connectivity index (χ0n) is 10.8. The molecule has 0 fully saturated rings. The lowest BCUT2D eigenvalue weighted by Crippen LogP contribution is -2.37. The molecule has 1 heterocycles. The Morgan fingerprint density at radius 3 is 2.42 bits per heavy atom. The van der Waals surface area contributed by atoms with Crippen LogP contribution in [0.5, 0.6) is 0 Å². The van der Waals surface area contributed by atoms with E-state index in [4.69, 9.17) is 11.6 Å². The first-order chi connectivity index (χ1) is 9.00. The molecule has 1 aromatic carbocycles. The molecule has 0 radical (unpaired) electrons. The lowest BCUT2D eigenvalue weighted by atomic mass is 10.1. The van der Waals surface area contributed by atoms with Crippen LogP contribution < -0.4 is 11.2 Å². The number of rotatable bonds is 3. The van der Waals surface area contributed by atoms with Crippen molar-refractivity contribution in [1.29, 1.82) is 0 Å². The molecule has 0 spiro atoms. The summed E-state index contributed by atoms with van der Waals surface area (Å²) in [5, 5.41) is 0.0845. The molecular weight excluding hydrogens is 264 g/mol. The number of aromatic nitrogens is 2. The Labute approximate surface area is 115 Å². The van der Waals surface area contributed by atoms with Gasteiger partial charge >= 0.3 is 5.69 Å². The van der Waals surface area contributed by atoms with E-state index in [1.165, 1.54) is 4.57 Å². The maximum atomic E-state index is 12.4. The number of nitrogens with zero attached hydrogens (tertiary/aromatic N) is 1. The van der Waals surface area contributed by atoms with Crippen LogP contribution in [0, 0.1) is 5.92 Å². The van der Waals surface area contributed by atoms with Gasteiger partial charge in [-0.2, -0.15) is 0 Å². The van der Waals surface area contributed by atoms with Gasteiger partial charge in [-0.05, 0) is 11.5 Å². The fourth-order valence-electron chi connectivity index (χ4n) is 1.93. The Morgan fingerprint density at radius 2 is 1.84 bits per heavy atom. The Hall–Kier alpha value is -1.81. The largest absolute Gasteiger partial charge is 0.329 e. The van der Waals surface area contributed by atoms with Gasteiger partial charge in [-0.15, -0.1) is 0 Å². The first-order valence-electron chi connectivity index (χ1n) is 6.08. The van der Waals surface area contributed by atoms with Crippen molar-refractivity contribution >= 4 is 11.6 Å². The van der Waals surface area contributed by atoms with E-state index in [0.717, 1.165) is 0 Å². The first-order valence-corrected chi connectivity index (χ1v) is 6.46. The monoisotopic (exact) mass is 278 g/mol. The second-order valence-corrected chi connectivity index (χ2v) is 5.17. The third-order valence-corrected chi connectivity index (χ3v) is 3.03. The van der Waals surface area contributed by atoms with Crippen LogP contribution in [-0.2, 0) is 6.54 Å².